The van der Waals surface area contributed by atoms with E-state index in [0.717, 1.165) is 18.9 Å². The van der Waals surface area contributed by atoms with Crippen molar-refractivity contribution in [2.75, 3.05) is 37.0 Å². The van der Waals surface area contributed by atoms with Gasteiger partial charge in [0, 0.05) is 32.8 Å². The van der Waals surface area contributed by atoms with Crippen LogP contribution in [0, 0.1) is 0 Å². The number of nitrogens with one attached hydrogen (secondary N) is 1. The number of piperidine rings is 1. The maximum Gasteiger partial charge on any atom is 0.433 e. The highest BCUT2D eigenvalue weighted by atomic mass is 19.4. The summed E-state index contributed by atoms with van der Waals surface area (Å²) in [6.07, 6.45) is -2.76. The molecule has 0 saturated carbocycles. The predicted octanol–water partition coefficient (Wildman–Crippen LogP) is 2.54. The maximum absolute atomic E-state index is 12.9. The summed E-state index contributed by atoms with van der Waals surface area (Å²) in [7, 11) is 1.65. The van der Waals surface area contributed by atoms with Crippen molar-refractivity contribution >= 4 is 11.8 Å². The van der Waals surface area contributed by atoms with Gasteiger partial charge in [-0.2, -0.15) is 18.2 Å². The van der Waals surface area contributed by atoms with E-state index < -0.39 is 11.9 Å². The first kappa shape index (κ1) is 15.8. The summed E-state index contributed by atoms with van der Waals surface area (Å²) in [4.78, 5) is 9.54. The number of anilines is 2. The molecule has 0 amide bonds. The van der Waals surface area contributed by atoms with Crippen LogP contribution in [-0.4, -0.2) is 42.8 Å². The van der Waals surface area contributed by atoms with Crippen molar-refractivity contribution in [1.29, 1.82) is 0 Å². The van der Waals surface area contributed by atoms with Gasteiger partial charge in [0.2, 0.25) is 5.95 Å². The predicted molar refractivity (Wildman–Crippen MR) is 73.4 cm³/mol. The summed E-state index contributed by atoms with van der Waals surface area (Å²) in [5, 5.41) is 2.75. The molecule has 2 heterocycles. The molecule has 8 heteroatoms. The lowest BCUT2D eigenvalue weighted by molar-refractivity contribution is -0.141. The minimum Gasteiger partial charge on any atom is -0.381 e. The fourth-order valence-corrected chi connectivity index (χ4v) is 2.30. The summed E-state index contributed by atoms with van der Waals surface area (Å²) in [6.45, 7) is 3.50. The molecule has 0 unspecified atom stereocenters. The third kappa shape index (κ3) is 3.96. The lowest BCUT2D eigenvalue weighted by Crippen LogP contribution is -2.37. The number of nitrogens with zero attached hydrogens (tertiary/aromatic N) is 3. The summed E-state index contributed by atoms with van der Waals surface area (Å²) in [5.41, 5.74) is -0.919. The number of aromatic nitrogens is 2. The van der Waals surface area contributed by atoms with Gasteiger partial charge in [0.25, 0.3) is 0 Å². The average Bonchev–Trinajstić information content (AvgIpc) is 2.46. The molecule has 118 valence electrons. The normalized spacial score (nSPS) is 17.1. The molecule has 1 N–H and O–H groups in total. The second kappa shape index (κ2) is 6.46. The van der Waals surface area contributed by atoms with Crippen molar-refractivity contribution in [3.8, 4) is 0 Å². The zero-order valence-corrected chi connectivity index (χ0v) is 12.1. The zero-order valence-electron chi connectivity index (χ0n) is 12.1. The Morgan fingerprint density at radius 3 is 2.52 bits per heavy atom. The second-order valence-corrected chi connectivity index (χ2v) is 4.89. The van der Waals surface area contributed by atoms with Gasteiger partial charge >= 0.3 is 6.18 Å². The fraction of sp³-hybridized carbons (Fsp3) is 0.692. The molecule has 0 radical (unpaired) electrons. The Morgan fingerprint density at radius 2 is 2.00 bits per heavy atom. The van der Waals surface area contributed by atoms with E-state index in [-0.39, 0.29) is 12.1 Å². The van der Waals surface area contributed by atoms with Crippen LogP contribution in [0.1, 0.15) is 25.5 Å². The van der Waals surface area contributed by atoms with Crippen LogP contribution in [0.4, 0.5) is 24.9 Å². The van der Waals surface area contributed by atoms with E-state index in [4.69, 9.17) is 4.74 Å². The van der Waals surface area contributed by atoms with E-state index >= 15 is 0 Å². The van der Waals surface area contributed by atoms with Crippen molar-refractivity contribution < 1.29 is 17.9 Å². The lowest BCUT2D eigenvalue weighted by atomic mass is 10.1. The highest BCUT2D eigenvalue weighted by Crippen LogP contribution is 2.31. The largest absolute Gasteiger partial charge is 0.433 e. The van der Waals surface area contributed by atoms with Crippen molar-refractivity contribution in [2.45, 2.75) is 32.0 Å². The molecule has 1 aliphatic rings. The fourth-order valence-electron chi connectivity index (χ4n) is 2.30. The number of rotatable bonds is 4. The number of alkyl halides is 3. The summed E-state index contributed by atoms with van der Waals surface area (Å²) in [5.74, 6) is 0.319. The summed E-state index contributed by atoms with van der Waals surface area (Å²) in [6, 6.07) is 1.01. The van der Waals surface area contributed by atoms with Crippen molar-refractivity contribution in [3.05, 3.63) is 11.8 Å². The van der Waals surface area contributed by atoms with Crippen molar-refractivity contribution in [2.24, 2.45) is 0 Å². The molecule has 1 fully saturated rings. The Bertz CT molecular complexity index is 473. The van der Waals surface area contributed by atoms with Gasteiger partial charge < -0.3 is 15.0 Å². The maximum atomic E-state index is 12.9. The molecular formula is C13H19F3N4O. The van der Waals surface area contributed by atoms with Gasteiger partial charge in [-0.1, -0.05) is 0 Å². The number of ether oxygens (including phenoxy) is 1. The molecule has 2 rings (SSSR count). The monoisotopic (exact) mass is 304 g/mol. The second-order valence-electron chi connectivity index (χ2n) is 4.89. The van der Waals surface area contributed by atoms with Crippen LogP contribution in [0.15, 0.2) is 6.07 Å². The third-order valence-corrected chi connectivity index (χ3v) is 3.44. The molecule has 0 aromatic carbocycles. The smallest absolute Gasteiger partial charge is 0.381 e. The highest BCUT2D eigenvalue weighted by Gasteiger charge is 2.34. The van der Waals surface area contributed by atoms with Gasteiger partial charge in [-0.05, 0) is 19.8 Å². The van der Waals surface area contributed by atoms with E-state index in [2.05, 4.69) is 15.3 Å². The number of methoxy groups -OCH3 is 1. The molecule has 1 aromatic rings. The molecule has 0 atom stereocenters. The van der Waals surface area contributed by atoms with Crippen molar-refractivity contribution in [3.63, 3.8) is 0 Å². The number of hydrogen-bond donors (Lipinski definition) is 1. The van der Waals surface area contributed by atoms with Crippen LogP contribution in [0.5, 0.6) is 0 Å². The van der Waals surface area contributed by atoms with E-state index in [9.17, 15) is 13.2 Å². The topological polar surface area (TPSA) is 50.3 Å². The van der Waals surface area contributed by atoms with Crippen LogP contribution < -0.4 is 10.2 Å². The van der Waals surface area contributed by atoms with Gasteiger partial charge in [-0.3, -0.25) is 0 Å². The molecule has 1 saturated heterocycles. The number of hydrogen-bond acceptors (Lipinski definition) is 5. The lowest BCUT2D eigenvalue weighted by Gasteiger charge is -2.32. The minimum absolute atomic E-state index is 0.0104. The Balaban J connectivity index is 2.24. The van der Waals surface area contributed by atoms with Crippen molar-refractivity contribution in [1.82, 2.24) is 9.97 Å². The molecule has 5 nitrogen and oxygen atoms in total. The van der Waals surface area contributed by atoms with E-state index in [0.29, 0.717) is 25.5 Å². The Morgan fingerprint density at radius 1 is 1.33 bits per heavy atom. The van der Waals surface area contributed by atoms with Gasteiger partial charge in [0.05, 0.1) is 6.10 Å². The molecule has 1 aliphatic heterocycles. The van der Waals surface area contributed by atoms with Crippen LogP contribution >= 0.6 is 0 Å². The SMILES string of the molecule is CCNc1nc(N2CCC(OC)CC2)cc(C(F)(F)F)n1. The van der Waals surface area contributed by atoms with Gasteiger partial charge in [0.1, 0.15) is 5.82 Å². The van der Waals surface area contributed by atoms with Crippen LogP contribution in [0.2, 0.25) is 0 Å². The average molecular weight is 304 g/mol. The third-order valence-electron chi connectivity index (χ3n) is 3.44. The highest BCUT2D eigenvalue weighted by molar-refractivity contribution is 5.46. The standard InChI is InChI=1S/C13H19F3N4O/c1-3-17-12-18-10(13(14,15)16)8-11(19-12)20-6-4-9(21-2)5-7-20/h8-9H,3-7H2,1-2H3,(H,17,18,19). The molecule has 1 aromatic heterocycles. The first-order valence-corrected chi connectivity index (χ1v) is 6.92. The summed E-state index contributed by atoms with van der Waals surface area (Å²) >= 11 is 0. The molecule has 0 bridgehead atoms. The van der Waals surface area contributed by atoms with E-state index in [1.54, 1.807) is 14.0 Å². The van der Waals surface area contributed by atoms with Gasteiger partial charge in [0.15, 0.2) is 5.69 Å². The first-order chi connectivity index (χ1) is 9.94. The number of halogens is 3. The molecule has 21 heavy (non-hydrogen) atoms. The van der Waals surface area contributed by atoms with Gasteiger partial charge in [-0.15, -0.1) is 0 Å². The quantitative estimate of drug-likeness (QED) is 0.926. The van der Waals surface area contributed by atoms with Crippen LogP contribution in [0.3, 0.4) is 0 Å². The molecule has 0 spiro atoms. The summed E-state index contributed by atoms with van der Waals surface area (Å²) < 4.78 is 44.0. The van der Waals surface area contributed by atoms with Crippen LogP contribution in [0.25, 0.3) is 0 Å². The van der Waals surface area contributed by atoms with E-state index in [1.807, 2.05) is 4.90 Å². The Labute approximate surface area is 121 Å². The molecular weight excluding hydrogens is 285 g/mol. The Hall–Kier alpha value is -1.57. The minimum atomic E-state index is -4.48. The zero-order chi connectivity index (χ0) is 15.5. The first-order valence-electron chi connectivity index (χ1n) is 6.92. The Kier molecular flexibility index (Phi) is 4.87. The van der Waals surface area contributed by atoms with E-state index in [1.165, 1.54) is 0 Å². The molecule has 0 aliphatic carbocycles. The van der Waals surface area contributed by atoms with Crippen LogP contribution in [-0.2, 0) is 10.9 Å². The van der Waals surface area contributed by atoms with Gasteiger partial charge in [-0.25, -0.2) is 4.98 Å².